The largest absolute Gasteiger partial charge is 0.481 e. The molecule has 1 aliphatic carbocycles. The van der Waals surface area contributed by atoms with Crippen LogP contribution >= 0.6 is 0 Å². The van der Waals surface area contributed by atoms with Crippen LogP contribution in [-0.4, -0.2) is 82.8 Å². The van der Waals surface area contributed by atoms with Crippen molar-refractivity contribution < 1.29 is 44.1 Å². The second-order valence-electron chi connectivity index (χ2n) is 12.2. The Hall–Kier alpha value is -4.72. The van der Waals surface area contributed by atoms with Crippen LogP contribution in [0, 0.1) is 11.8 Å². The first-order chi connectivity index (χ1) is 23.0. The maximum Gasteiger partial charge on any atom is 0.326 e. The molecule has 1 saturated carbocycles. The minimum absolute atomic E-state index is 0.00717. The van der Waals surface area contributed by atoms with Gasteiger partial charge in [0, 0.05) is 18.9 Å². The molecule has 3 rings (SSSR count). The predicted molar refractivity (Wildman–Crippen MR) is 177 cm³/mol. The third kappa shape index (κ3) is 12.1. The van der Waals surface area contributed by atoms with Gasteiger partial charge >= 0.3 is 23.9 Å². The van der Waals surface area contributed by atoms with Gasteiger partial charge in [-0.2, -0.15) is 0 Å². The molecular formula is C34H47N5O9. The molecule has 0 saturated heterocycles. The van der Waals surface area contributed by atoms with Gasteiger partial charge in [-0.3, -0.25) is 14.4 Å². The maximum absolute atomic E-state index is 13.5. The summed E-state index contributed by atoms with van der Waals surface area (Å²) in [5.41, 5.74) is 0.643. The number of unbranched alkanes of at least 4 members (excludes halogenated alkanes) is 1. The second-order valence-corrected chi connectivity index (χ2v) is 12.2. The summed E-state index contributed by atoms with van der Waals surface area (Å²) in [4.78, 5) is 73.0. The van der Waals surface area contributed by atoms with Gasteiger partial charge in [0.2, 0.25) is 11.8 Å². The molecule has 8 N–H and O–H groups in total. The fraction of sp³-hybridized carbons (Fsp3) is 0.529. The smallest absolute Gasteiger partial charge is 0.326 e. The minimum Gasteiger partial charge on any atom is -0.481 e. The molecule has 2 aromatic carbocycles. The number of aliphatic carboxylic acids is 3. The average Bonchev–Trinajstić information content (AvgIpc) is 3.06. The summed E-state index contributed by atoms with van der Waals surface area (Å²) >= 11 is 0. The van der Waals surface area contributed by atoms with Crippen molar-refractivity contribution in [2.24, 2.45) is 11.8 Å². The van der Waals surface area contributed by atoms with Crippen molar-refractivity contribution in [2.75, 3.05) is 19.6 Å². The molecule has 1 fully saturated rings. The molecule has 14 nitrogen and oxygen atoms in total. The molecule has 0 bridgehead atoms. The van der Waals surface area contributed by atoms with E-state index in [-0.39, 0.29) is 31.2 Å². The SMILES string of the molecule is CCNCC1CCC(C(=O)N[C@H](C(=O)NCCCC[C@H](NC(=O)N[C@@H](CCC(=O)O)C(=O)O)C(=O)O)c2ccc3ccccc3c2)CC1. The van der Waals surface area contributed by atoms with Crippen molar-refractivity contribution in [3.8, 4) is 0 Å². The molecule has 0 aliphatic heterocycles. The normalized spacial score (nSPS) is 17.8. The third-order valence-corrected chi connectivity index (χ3v) is 8.63. The lowest BCUT2D eigenvalue weighted by Crippen LogP contribution is -2.51. The molecular weight excluding hydrogens is 622 g/mol. The molecule has 0 aromatic heterocycles. The Morgan fingerprint density at radius 1 is 0.792 bits per heavy atom. The molecule has 3 atom stereocenters. The van der Waals surface area contributed by atoms with Crippen LogP contribution in [0.2, 0.25) is 0 Å². The first-order valence-electron chi connectivity index (χ1n) is 16.5. The summed E-state index contributed by atoms with van der Waals surface area (Å²) < 4.78 is 0. The average molecular weight is 670 g/mol. The van der Waals surface area contributed by atoms with E-state index in [1.807, 2.05) is 42.5 Å². The Kier molecular flexibility index (Phi) is 15.1. The zero-order valence-electron chi connectivity index (χ0n) is 27.2. The van der Waals surface area contributed by atoms with Gasteiger partial charge in [0.1, 0.15) is 18.1 Å². The van der Waals surface area contributed by atoms with E-state index >= 15 is 0 Å². The molecule has 0 spiro atoms. The van der Waals surface area contributed by atoms with Crippen molar-refractivity contribution >= 4 is 46.5 Å². The van der Waals surface area contributed by atoms with Crippen LogP contribution in [0.4, 0.5) is 4.79 Å². The van der Waals surface area contributed by atoms with Gasteiger partial charge in [-0.15, -0.1) is 0 Å². The van der Waals surface area contributed by atoms with Crippen molar-refractivity contribution in [1.82, 2.24) is 26.6 Å². The molecule has 262 valence electrons. The Morgan fingerprint density at radius 2 is 1.44 bits per heavy atom. The Bertz CT molecular complexity index is 1430. The van der Waals surface area contributed by atoms with Crippen molar-refractivity contribution in [2.45, 2.75) is 82.8 Å². The molecule has 2 aromatic rings. The van der Waals surface area contributed by atoms with Crippen LogP contribution in [0.15, 0.2) is 42.5 Å². The maximum atomic E-state index is 13.5. The van der Waals surface area contributed by atoms with Gasteiger partial charge in [-0.1, -0.05) is 43.3 Å². The van der Waals surface area contributed by atoms with Crippen molar-refractivity contribution in [3.63, 3.8) is 0 Å². The summed E-state index contributed by atoms with van der Waals surface area (Å²) in [7, 11) is 0. The number of carbonyl (C=O) groups is 6. The Labute approximate surface area is 279 Å². The number of amides is 4. The van der Waals surface area contributed by atoms with Crippen molar-refractivity contribution in [1.29, 1.82) is 0 Å². The van der Waals surface area contributed by atoms with Gasteiger partial charge in [-0.05, 0) is 92.8 Å². The van der Waals surface area contributed by atoms with E-state index in [2.05, 4.69) is 33.5 Å². The van der Waals surface area contributed by atoms with Crippen LogP contribution < -0.4 is 26.6 Å². The quantitative estimate of drug-likeness (QED) is 0.102. The Balaban J connectivity index is 1.56. The van der Waals surface area contributed by atoms with Crippen LogP contribution in [0.3, 0.4) is 0 Å². The first kappa shape index (κ1) is 37.7. The van der Waals surface area contributed by atoms with E-state index in [0.29, 0.717) is 24.3 Å². The minimum atomic E-state index is -1.50. The molecule has 14 heteroatoms. The summed E-state index contributed by atoms with van der Waals surface area (Å²) in [6.45, 7) is 4.09. The number of rotatable bonds is 19. The van der Waals surface area contributed by atoms with Gasteiger partial charge in [0.05, 0.1) is 0 Å². The van der Waals surface area contributed by atoms with Crippen molar-refractivity contribution in [3.05, 3.63) is 48.0 Å². The molecule has 48 heavy (non-hydrogen) atoms. The van der Waals surface area contributed by atoms with Crippen LogP contribution in [-0.2, 0) is 24.0 Å². The van der Waals surface area contributed by atoms with Gasteiger partial charge in [0.15, 0.2) is 0 Å². The summed E-state index contributed by atoms with van der Waals surface area (Å²) in [5, 5.41) is 43.0. The van der Waals surface area contributed by atoms with E-state index in [4.69, 9.17) is 5.11 Å². The lowest BCUT2D eigenvalue weighted by atomic mass is 9.81. The number of carbonyl (C=O) groups excluding carboxylic acids is 3. The highest BCUT2D eigenvalue weighted by Crippen LogP contribution is 2.29. The highest BCUT2D eigenvalue weighted by molar-refractivity contribution is 5.91. The lowest BCUT2D eigenvalue weighted by molar-refractivity contribution is -0.141. The fourth-order valence-electron chi connectivity index (χ4n) is 5.85. The highest BCUT2D eigenvalue weighted by atomic mass is 16.4. The van der Waals surface area contributed by atoms with Crippen LogP contribution in [0.25, 0.3) is 10.8 Å². The van der Waals surface area contributed by atoms with Gasteiger partial charge in [0.25, 0.3) is 0 Å². The van der Waals surface area contributed by atoms with Crippen LogP contribution in [0.5, 0.6) is 0 Å². The first-order valence-corrected chi connectivity index (χ1v) is 16.5. The van der Waals surface area contributed by atoms with E-state index < -0.39 is 54.4 Å². The second kappa shape index (κ2) is 19.2. The van der Waals surface area contributed by atoms with Gasteiger partial charge in [-0.25, -0.2) is 14.4 Å². The summed E-state index contributed by atoms with van der Waals surface area (Å²) in [6.07, 6.45) is 3.18. The topological polar surface area (TPSA) is 223 Å². The summed E-state index contributed by atoms with van der Waals surface area (Å²) in [6, 6.07) is 8.52. The standard InChI is InChI=1S/C34H47N5O9/c1-2-35-20-21-10-12-23(13-11-21)30(42)39-29(25-15-14-22-7-3-4-8-24(22)19-25)31(43)36-18-6-5-9-26(32(44)45)37-34(48)38-27(33(46)47)16-17-28(40)41/h3-4,7-8,14-15,19,21,23,26-27,29,35H,2,5-6,9-13,16-18,20H2,1H3,(H,36,43)(H,39,42)(H,40,41)(H,44,45)(H,46,47)(H2,37,38,48)/t21?,23?,26-,27-,29-/m0/s1. The van der Waals surface area contributed by atoms with E-state index in [9.17, 15) is 39.0 Å². The summed E-state index contributed by atoms with van der Waals surface area (Å²) in [5.74, 6) is -4.22. The number of hydrogen-bond donors (Lipinski definition) is 8. The van der Waals surface area contributed by atoms with Gasteiger partial charge < -0.3 is 41.9 Å². The number of fused-ring (bicyclic) bond motifs is 1. The zero-order valence-corrected chi connectivity index (χ0v) is 27.2. The van der Waals surface area contributed by atoms with E-state index in [0.717, 1.165) is 49.5 Å². The fourth-order valence-corrected chi connectivity index (χ4v) is 5.85. The monoisotopic (exact) mass is 669 g/mol. The number of carboxylic acid groups (broad SMARTS) is 3. The number of carboxylic acids is 3. The molecule has 0 radical (unpaired) electrons. The number of hydrogen-bond acceptors (Lipinski definition) is 7. The number of benzene rings is 2. The zero-order chi connectivity index (χ0) is 35.1. The van der Waals surface area contributed by atoms with E-state index in [1.54, 1.807) is 0 Å². The number of urea groups is 1. The number of nitrogens with one attached hydrogen (secondary N) is 5. The molecule has 0 unspecified atom stereocenters. The highest BCUT2D eigenvalue weighted by Gasteiger charge is 2.30. The van der Waals surface area contributed by atoms with E-state index in [1.165, 1.54) is 0 Å². The molecule has 0 heterocycles. The Morgan fingerprint density at radius 3 is 2.06 bits per heavy atom. The predicted octanol–water partition coefficient (Wildman–Crippen LogP) is 2.77. The third-order valence-electron chi connectivity index (χ3n) is 8.63. The molecule has 4 amide bonds. The lowest BCUT2D eigenvalue weighted by Gasteiger charge is -2.29. The van der Waals surface area contributed by atoms with Crippen LogP contribution in [0.1, 0.15) is 76.3 Å². The molecule has 1 aliphatic rings.